The van der Waals surface area contributed by atoms with Gasteiger partial charge in [0.1, 0.15) is 17.3 Å². The van der Waals surface area contributed by atoms with Crippen LogP contribution in [0.2, 0.25) is 0 Å². The summed E-state index contributed by atoms with van der Waals surface area (Å²) in [6, 6.07) is 5.91. The van der Waals surface area contributed by atoms with Crippen LogP contribution in [0.15, 0.2) is 30.8 Å². The summed E-state index contributed by atoms with van der Waals surface area (Å²) in [4.78, 5) is 34.6. The number of ether oxygens (including phenoxy) is 1. The van der Waals surface area contributed by atoms with Crippen molar-refractivity contribution in [2.24, 2.45) is 0 Å². The quantitative estimate of drug-likeness (QED) is 0.369. The molecule has 2 aliphatic carbocycles. The number of benzene rings is 1. The number of fused-ring (bicyclic) bond motifs is 1. The topological polar surface area (TPSA) is 78.5 Å². The summed E-state index contributed by atoms with van der Waals surface area (Å²) in [5, 5.41) is 0. The summed E-state index contributed by atoms with van der Waals surface area (Å²) in [6.07, 6.45) is 5.02. The number of halogens is 1. The maximum atomic E-state index is 12.8. The third kappa shape index (κ3) is 5.84. The first-order valence-corrected chi connectivity index (χ1v) is 11.7. The zero-order chi connectivity index (χ0) is 24.8. The van der Waals surface area contributed by atoms with Crippen molar-refractivity contribution < 1.29 is 18.7 Å². The normalized spacial score (nSPS) is 16.3. The Kier molecular flexibility index (Phi) is 8.11. The van der Waals surface area contributed by atoms with Gasteiger partial charge in [0.25, 0.3) is 0 Å². The lowest BCUT2D eigenvalue weighted by atomic mass is 10.2. The number of esters is 1. The van der Waals surface area contributed by atoms with Gasteiger partial charge in [-0.1, -0.05) is 33.3 Å². The van der Waals surface area contributed by atoms with Gasteiger partial charge in [0.15, 0.2) is 11.6 Å². The van der Waals surface area contributed by atoms with Gasteiger partial charge in [0.2, 0.25) is 0 Å². The van der Waals surface area contributed by atoms with Crippen molar-refractivity contribution in [1.29, 1.82) is 0 Å². The molecule has 1 aromatic carbocycles. The molecule has 0 spiro atoms. The number of urea groups is 1. The molecule has 1 aliphatic heterocycles. The number of aromatic nitrogens is 2. The number of hydrogen-bond donors (Lipinski definition) is 1. The Labute approximate surface area is 200 Å². The van der Waals surface area contributed by atoms with Crippen LogP contribution in [0, 0.1) is 17.7 Å². The Bertz CT molecular complexity index is 1110. The smallest absolute Gasteiger partial charge is 0.330 e. The van der Waals surface area contributed by atoms with Crippen molar-refractivity contribution in [1.82, 2.24) is 14.9 Å². The SMILES string of the molecule is C=C1c2[nH]c(C#CCC)nc2N(C2CC2)C(=O)N1C1CC1.CC.CC(=O)Oc1ccc(F)cc1. The maximum Gasteiger partial charge on any atom is 0.330 e. The van der Waals surface area contributed by atoms with Crippen LogP contribution in [0.4, 0.5) is 15.0 Å². The lowest BCUT2D eigenvalue weighted by Crippen LogP contribution is -2.48. The molecule has 2 aromatic rings. The number of imidazole rings is 1. The number of H-pyrrole nitrogens is 1. The first kappa shape index (κ1) is 25.0. The van der Waals surface area contributed by atoms with Crippen LogP contribution < -0.4 is 9.64 Å². The molecule has 0 saturated heterocycles. The molecule has 7 nitrogen and oxygen atoms in total. The van der Waals surface area contributed by atoms with E-state index in [-0.39, 0.29) is 11.8 Å². The summed E-state index contributed by atoms with van der Waals surface area (Å²) in [7, 11) is 0. The van der Waals surface area contributed by atoms with E-state index in [2.05, 4.69) is 33.1 Å². The minimum Gasteiger partial charge on any atom is -0.427 e. The minimum absolute atomic E-state index is 0.0407. The Balaban J connectivity index is 0.000000212. The number of rotatable bonds is 3. The first-order chi connectivity index (χ1) is 16.4. The van der Waals surface area contributed by atoms with E-state index in [0.717, 1.165) is 43.5 Å². The van der Waals surface area contributed by atoms with Gasteiger partial charge < -0.3 is 9.72 Å². The zero-order valence-corrected chi connectivity index (χ0v) is 20.2. The molecule has 2 amide bonds. The molecule has 0 radical (unpaired) electrons. The van der Waals surface area contributed by atoms with Gasteiger partial charge >= 0.3 is 12.0 Å². The van der Waals surface area contributed by atoms with Crippen molar-refractivity contribution in [2.45, 2.75) is 71.9 Å². The zero-order valence-electron chi connectivity index (χ0n) is 20.2. The monoisotopic (exact) mass is 466 g/mol. The van der Waals surface area contributed by atoms with Crippen molar-refractivity contribution in [3.63, 3.8) is 0 Å². The van der Waals surface area contributed by atoms with Crippen molar-refractivity contribution in [2.75, 3.05) is 4.90 Å². The Hall–Kier alpha value is -3.60. The lowest BCUT2D eigenvalue weighted by Gasteiger charge is -2.35. The summed E-state index contributed by atoms with van der Waals surface area (Å²) in [5.74, 6) is 6.97. The molecular weight excluding hydrogens is 435 g/mol. The predicted molar refractivity (Wildman–Crippen MR) is 130 cm³/mol. The first-order valence-electron chi connectivity index (χ1n) is 11.7. The molecule has 2 fully saturated rings. The number of amides is 2. The number of aromatic amines is 1. The Morgan fingerprint density at radius 2 is 1.76 bits per heavy atom. The number of hydrogen-bond acceptors (Lipinski definition) is 4. The number of nitrogens with one attached hydrogen (secondary N) is 1. The fourth-order valence-electron chi connectivity index (χ4n) is 3.45. The standard InChI is InChI=1S/C16H18N4O.C8H7FO2.C2H6/c1-3-4-5-13-17-14-10(2)19(11-6-7-11)16(21)20(12-8-9-12)15(14)18-13;1-6(10)11-8-4-2-7(9)3-5-8;1-2/h11-12H,2-3,6-9H2,1H3,(H,17,18);2-5H,1H3;1-2H3. The van der Waals surface area contributed by atoms with E-state index in [9.17, 15) is 14.0 Å². The maximum absolute atomic E-state index is 12.8. The molecule has 180 valence electrons. The van der Waals surface area contributed by atoms with Crippen molar-refractivity contribution in [3.8, 4) is 17.6 Å². The van der Waals surface area contributed by atoms with Gasteiger partial charge in [0.05, 0.1) is 5.70 Å². The number of carbonyl (C=O) groups excluding carboxylic acids is 2. The highest BCUT2D eigenvalue weighted by atomic mass is 19.1. The summed E-state index contributed by atoms with van der Waals surface area (Å²) in [5.41, 5.74) is 1.60. The van der Waals surface area contributed by atoms with Crippen LogP contribution in [0.3, 0.4) is 0 Å². The second-order valence-electron chi connectivity index (χ2n) is 7.92. The highest BCUT2D eigenvalue weighted by Crippen LogP contribution is 2.44. The third-order valence-corrected chi connectivity index (χ3v) is 5.19. The van der Waals surface area contributed by atoms with E-state index in [1.807, 2.05) is 30.6 Å². The van der Waals surface area contributed by atoms with Gasteiger partial charge in [0, 0.05) is 25.4 Å². The molecular formula is C26H31FN4O3. The predicted octanol–water partition coefficient (Wildman–Crippen LogP) is 5.49. The average molecular weight is 467 g/mol. The van der Waals surface area contributed by atoms with Crippen molar-refractivity contribution in [3.05, 3.63) is 48.2 Å². The van der Waals surface area contributed by atoms with Gasteiger partial charge in [-0.3, -0.25) is 14.6 Å². The molecule has 2 heterocycles. The average Bonchev–Trinajstić information content (AvgIpc) is 3.75. The molecule has 1 N–H and O–H groups in total. The fraction of sp³-hybridized carbons (Fsp3) is 0.423. The summed E-state index contributed by atoms with van der Waals surface area (Å²) >= 11 is 0. The molecule has 8 heteroatoms. The second-order valence-corrected chi connectivity index (χ2v) is 7.92. The van der Waals surface area contributed by atoms with Crippen LogP contribution in [-0.4, -0.2) is 39.0 Å². The molecule has 34 heavy (non-hydrogen) atoms. The van der Waals surface area contributed by atoms with Crippen LogP contribution in [-0.2, 0) is 4.79 Å². The number of carbonyl (C=O) groups is 2. The molecule has 0 bridgehead atoms. The second kappa shape index (κ2) is 11.0. The third-order valence-electron chi connectivity index (χ3n) is 5.19. The van der Waals surface area contributed by atoms with E-state index in [1.165, 1.54) is 31.2 Å². The minimum atomic E-state index is -0.406. The van der Waals surface area contributed by atoms with E-state index < -0.39 is 5.97 Å². The van der Waals surface area contributed by atoms with E-state index in [0.29, 0.717) is 29.5 Å². The molecule has 0 unspecified atom stereocenters. The van der Waals surface area contributed by atoms with Crippen LogP contribution in [0.25, 0.3) is 5.70 Å². The van der Waals surface area contributed by atoms with Gasteiger partial charge in [-0.15, -0.1) is 0 Å². The Morgan fingerprint density at radius 1 is 1.18 bits per heavy atom. The van der Waals surface area contributed by atoms with Crippen LogP contribution in [0.5, 0.6) is 5.75 Å². The van der Waals surface area contributed by atoms with Crippen LogP contribution in [0.1, 0.15) is 71.3 Å². The van der Waals surface area contributed by atoms with Gasteiger partial charge in [-0.05, 0) is 55.9 Å². The van der Waals surface area contributed by atoms with Crippen LogP contribution >= 0.6 is 0 Å². The van der Waals surface area contributed by atoms with Gasteiger partial charge in [-0.2, -0.15) is 0 Å². The fourth-order valence-corrected chi connectivity index (χ4v) is 3.45. The van der Waals surface area contributed by atoms with E-state index in [1.54, 1.807) is 0 Å². The molecule has 0 atom stereocenters. The number of nitrogens with zero attached hydrogens (tertiary/aromatic N) is 3. The molecule has 1 aromatic heterocycles. The van der Waals surface area contributed by atoms with Gasteiger partial charge in [-0.25, -0.2) is 14.2 Å². The van der Waals surface area contributed by atoms with E-state index >= 15 is 0 Å². The number of anilines is 1. The lowest BCUT2D eigenvalue weighted by molar-refractivity contribution is -0.131. The molecule has 3 aliphatic rings. The van der Waals surface area contributed by atoms with Crippen molar-refractivity contribution >= 4 is 23.5 Å². The molecule has 2 saturated carbocycles. The summed E-state index contributed by atoms with van der Waals surface area (Å²) in [6.45, 7) is 11.4. The Morgan fingerprint density at radius 3 is 2.29 bits per heavy atom. The largest absolute Gasteiger partial charge is 0.427 e. The van der Waals surface area contributed by atoms with E-state index in [4.69, 9.17) is 0 Å². The highest BCUT2D eigenvalue weighted by molar-refractivity contribution is 6.04. The molecule has 5 rings (SSSR count). The highest BCUT2D eigenvalue weighted by Gasteiger charge is 2.47. The summed E-state index contributed by atoms with van der Waals surface area (Å²) < 4.78 is 16.9.